The Labute approximate surface area is 193 Å². The van der Waals surface area contributed by atoms with Crippen molar-refractivity contribution in [2.45, 2.75) is 19.9 Å². The molecular weight excluding hydrogens is 448 g/mol. The van der Waals surface area contributed by atoms with Gasteiger partial charge >= 0.3 is 0 Å². The third-order valence-electron chi connectivity index (χ3n) is 5.75. The standard InChI is InChI=1S/C24H19ClN2O6/c1-11-7-18-15(10-16(11)25)22(28)20-21(14-9-13(30-3)5-6-17(14)31-4)27(24(29)23(20)32-18)19-8-12(2)33-26-19/h5-10,21H,1-4H3/t21-/m0/s1. The van der Waals surface area contributed by atoms with Crippen molar-refractivity contribution in [3.8, 4) is 11.5 Å². The van der Waals surface area contributed by atoms with Gasteiger partial charge in [0.2, 0.25) is 5.76 Å². The molecule has 0 fully saturated rings. The molecule has 3 heterocycles. The van der Waals surface area contributed by atoms with Crippen LogP contribution >= 0.6 is 11.6 Å². The summed E-state index contributed by atoms with van der Waals surface area (Å²) in [4.78, 5) is 28.7. The van der Waals surface area contributed by atoms with Gasteiger partial charge in [0, 0.05) is 16.7 Å². The number of aromatic nitrogens is 1. The zero-order valence-electron chi connectivity index (χ0n) is 18.3. The fraction of sp³-hybridized carbons (Fsp3) is 0.208. The van der Waals surface area contributed by atoms with Gasteiger partial charge in [-0.3, -0.25) is 14.5 Å². The van der Waals surface area contributed by atoms with Crippen molar-refractivity contribution in [2.75, 3.05) is 19.1 Å². The summed E-state index contributed by atoms with van der Waals surface area (Å²) in [5.74, 6) is 1.18. The summed E-state index contributed by atoms with van der Waals surface area (Å²) < 4.78 is 22.2. The first kappa shape index (κ1) is 21.1. The van der Waals surface area contributed by atoms with Crippen LogP contribution in [-0.4, -0.2) is 25.3 Å². The Kier molecular flexibility index (Phi) is 4.90. The lowest BCUT2D eigenvalue weighted by atomic mass is 9.97. The first-order valence-corrected chi connectivity index (χ1v) is 10.5. The number of carbonyl (C=O) groups is 1. The van der Waals surface area contributed by atoms with Crippen molar-refractivity contribution in [1.29, 1.82) is 0 Å². The number of carbonyl (C=O) groups excluding carboxylic acids is 1. The highest BCUT2D eigenvalue weighted by Gasteiger charge is 2.46. The van der Waals surface area contributed by atoms with Gasteiger partial charge in [0.25, 0.3) is 5.91 Å². The maximum Gasteiger partial charge on any atom is 0.296 e. The van der Waals surface area contributed by atoms with Crippen LogP contribution in [0.3, 0.4) is 0 Å². The largest absolute Gasteiger partial charge is 0.497 e. The van der Waals surface area contributed by atoms with Gasteiger partial charge in [-0.05, 0) is 49.7 Å². The zero-order valence-corrected chi connectivity index (χ0v) is 19.0. The Bertz CT molecular complexity index is 1490. The van der Waals surface area contributed by atoms with Crippen LogP contribution in [0.25, 0.3) is 11.0 Å². The number of fused-ring (bicyclic) bond motifs is 2. The van der Waals surface area contributed by atoms with Crippen molar-refractivity contribution in [1.82, 2.24) is 5.16 Å². The van der Waals surface area contributed by atoms with Crippen LogP contribution in [0.2, 0.25) is 5.02 Å². The minimum absolute atomic E-state index is 0.0650. The number of amides is 1. The van der Waals surface area contributed by atoms with Crippen LogP contribution in [0, 0.1) is 13.8 Å². The Hall–Kier alpha value is -3.78. The Morgan fingerprint density at radius 2 is 1.85 bits per heavy atom. The van der Waals surface area contributed by atoms with E-state index in [1.807, 2.05) is 0 Å². The molecule has 8 nitrogen and oxygen atoms in total. The molecule has 2 aromatic carbocycles. The minimum atomic E-state index is -0.886. The van der Waals surface area contributed by atoms with Gasteiger partial charge in [-0.2, -0.15) is 0 Å². The van der Waals surface area contributed by atoms with Crippen LogP contribution in [0.15, 0.2) is 50.1 Å². The monoisotopic (exact) mass is 466 g/mol. The molecule has 0 N–H and O–H groups in total. The average molecular weight is 467 g/mol. The summed E-state index contributed by atoms with van der Waals surface area (Å²) in [6.45, 7) is 3.51. The predicted octanol–water partition coefficient (Wildman–Crippen LogP) is 4.82. The van der Waals surface area contributed by atoms with Crippen LogP contribution in [0.1, 0.15) is 39.0 Å². The van der Waals surface area contributed by atoms with E-state index < -0.39 is 11.9 Å². The molecule has 0 radical (unpaired) electrons. The number of benzene rings is 2. The second kappa shape index (κ2) is 7.67. The maximum absolute atomic E-state index is 13.7. The third kappa shape index (κ3) is 3.17. The number of halogens is 1. The van der Waals surface area contributed by atoms with Crippen LogP contribution in [0.5, 0.6) is 11.5 Å². The van der Waals surface area contributed by atoms with E-state index in [2.05, 4.69) is 5.16 Å². The van der Waals surface area contributed by atoms with Gasteiger partial charge in [-0.15, -0.1) is 0 Å². The summed E-state index contributed by atoms with van der Waals surface area (Å²) in [5.41, 5.74) is 1.35. The van der Waals surface area contributed by atoms with E-state index >= 15 is 0 Å². The van der Waals surface area contributed by atoms with Gasteiger partial charge in [0.05, 0.1) is 25.2 Å². The summed E-state index contributed by atoms with van der Waals surface area (Å²) in [5, 5.41) is 4.73. The lowest BCUT2D eigenvalue weighted by Gasteiger charge is -2.24. The third-order valence-corrected chi connectivity index (χ3v) is 6.15. The van der Waals surface area contributed by atoms with E-state index in [1.165, 1.54) is 19.1 Å². The van der Waals surface area contributed by atoms with Crippen LogP contribution in [-0.2, 0) is 0 Å². The first-order valence-electron chi connectivity index (χ1n) is 10.1. The molecule has 1 aliphatic rings. The maximum atomic E-state index is 13.7. The van der Waals surface area contributed by atoms with E-state index in [0.29, 0.717) is 27.8 Å². The SMILES string of the molecule is COc1ccc(OC)c([C@H]2c3c(oc4cc(C)c(Cl)cc4c3=O)C(=O)N2c2cc(C)on2)c1. The average Bonchev–Trinajstić information content (AvgIpc) is 3.35. The molecule has 0 bridgehead atoms. The van der Waals surface area contributed by atoms with Crippen molar-refractivity contribution >= 4 is 34.3 Å². The van der Waals surface area contributed by atoms with Gasteiger partial charge in [0.15, 0.2) is 11.2 Å². The van der Waals surface area contributed by atoms with Crippen molar-refractivity contribution < 1.29 is 23.2 Å². The molecule has 168 valence electrons. The molecule has 33 heavy (non-hydrogen) atoms. The molecule has 9 heteroatoms. The molecule has 0 aliphatic carbocycles. The minimum Gasteiger partial charge on any atom is -0.497 e. The normalized spacial score (nSPS) is 15.2. The number of methoxy groups -OCH3 is 2. The first-order chi connectivity index (χ1) is 15.8. The number of anilines is 1. The predicted molar refractivity (Wildman–Crippen MR) is 122 cm³/mol. The summed E-state index contributed by atoms with van der Waals surface area (Å²) in [6.07, 6.45) is 0. The second-order valence-electron chi connectivity index (χ2n) is 7.75. The summed E-state index contributed by atoms with van der Waals surface area (Å²) >= 11 is 6.29. The molecule has 0 unspecified atom stereocenters. The van der Waals surface area contributed by atoms with Crippen LogP contribution in [0.4, 0.5) is 5.82 Å². The fourth-order valence-corrected chi connectivity index (χ4v) is 4.31. The lowest BCUT2D eigenvalue weighted by molar-refractivity contribution is 0.0969. The van der Waals surface area contributed by atoms with Gasteiger partial charge in [0.1, 0.15) is 28.9 Å². The van der Waals surface area contributed by atoms with Gasteiger partial charge in [-0.25, -0.2) is 0 Å². The van der Waals surface area contributed by atoms with E-state index in [0.717, 1.165) is 5.56 Å². The molecule has 0 saturated heterocycles. The quantitative estimate of drug-likeness (QED) is 0.425. The number of hydrogen-bond donors (Lipinski definition) is 0. The van der Waals surface area contributed by atoms with Crippen molar-refractivity contribution in [3.63, 3.8) is 0 Å². The Morgan fingerprint density at radius 3 is 2.52 bits per heavy atom. The molecule has 1 amide bonds. The fourth-order valence-electron chi connectivity index (χ4n) is 4.14. The highest BCUT2D eigenvalue weighted by Crippen LogP contribution is 2.45. The van der Waals surface area contributed by atoms with Gasteiger partial charge < -0.3 is 18.4 Å². The number of ether oxygens (including phenoxy) is 2. The van der Waals surface area contributed by atoms with Crippen molar-refractivity contribution in [2.24, 2.45) is 0 Å². The molecule has 4 aromatic rings. The number of rotatable bonds is 4. The highest BCUT2D eigenvalue weighted by atomic mass is 35.5. The molecule has 0 spiro atoms. The molecule has 0 saturated carbocycles. The van der Waals surface area contributed by atoms with Crippen LogP contribution < -0.4 is 19.8 Å². The molecule has 1 atom stereocenters. The summed E-state index contributed by atoms with van der Waals surface area (Å²) in [6, 6.07) is 9.11. The van der Waals surface area contributed by atoms with E-state index in [9.17, 15) is 9.59 Å². The molecule has 2 aromatic heterocycles. The molecule has 1 aliphatic heterocycles. The topological polar surface area (TPSA) is 95.0 Å². The van der Waals surface area contributed by atoms with E-state index in [4.69, 9.17) is 30.0 Å². The lowest BCUT2D eigenvalue weighted by Crippen LogP contribution is -2.30. The zero-order chi connectivity index (χ0) is 23.4. The number of nitrogens with zero attached hydrogens (tertiary/aromatic N) is 2. The van der Waals surface area contributed by atoms with Crippen molar-refractivity contribution in [3.05, 3.63) is 79.9 Å². The molecular formula is C24H19ClN2O6. The highest BCUT2D eigenvalue weighted by molar-refractivity contribution is 6.32. The number of aryl methyl sites for hydroxylation is 2. The summed E-state index contributed by atoms with van der Waals surface area (Å²) in [7, 11) is 3.04. The van der Waals surface area contributed by atoms with Gasteiger partial charge in [-0.1, -0.05) is 16.8 Å². The van der Waals surface area contributed by atoms with E-state index in [-0.39, 0.29) is 33.5 Å². The smallest absolute Gasteiger partial charge is 0.296 e. The number of hydrogen-bond acceptors (Lipinski definition) is 7. The Morgan fingerprint density at radius 1 is 1.06 bits per heavy atom. The molecule has 5 rings (SSSR count). The van der Waals surface area contributed by atoms with E-state index in [1.54, 1.807) is 50.2 Å². The second-order valence-corrected chi connectivity index (χ2v) is 8.16. The Balaban J connectivity index is 1.86.